The standard InChI is InChI=1S/C8H11NO3S/c1-12-8-6-4-3-5-7(8)9-13(2,10)11/h3-6,9H,1-2H3. The molecule has 0 fully saturated rings. The lowest BCUT2D eigenvalue weighted by molar-refractivity contribution is 0.417. The zero-order valence-corrected chi connectivity index (χ0v) is 8.26. The minimum absolute atomic E-state index is 0.451. The predicted octanol–water partition coefficient (Wildman–Crippen LogP) is 1.07. The first-order valence-electron chi connectivity index (χ1n) is 3.64. The molecular formula is C8H11NO3S. The molecule has 0 spiro atoms. The molecule has 0 heterocycles. The fraction of sp³-hybridized carbons (Fsp3) is 0.250. The summed E-state index contributed by atoms with van der Waals surface area (Å²) in [4.78, 5) is 0. The Balaban J connectivity index is 3.01. The van der Waals surface area contributed by atoms with E-state index in [2.05, 4.69) is 4.72 Å². The van der Waals surface area contributed by atoms with Crippen LogP contribution in [0, 0.1) is 0 Å². The van der Waals surface area contributed by atoms with Crippen LogP contribution in [0.4, 0.5) is 5.69 Å². The number of sulfonamides is 1. The highest BCUT2D eigenvalue weighted by atomic mass is 32.2. The minimum atomic E-state index is -3.24. The summed E-state index contributed by atoms with van der Waals surface area (Å²) in [5, 5.41) is 0. The molecule has 5 heteroatoms. The molecule has 0 atom stereocenters. The highest BCUT2D eigenvalue weighted by Gasteiger charge is 2.05. The average molecular weight is 201 g/mol. The van der Waals surface area contributed by atoms with E-state index >= 15 is 0 Å². The van der Waals surface area contributed by atoms with Gasteiger partial charge in [-0.25, -0.2) is 8.42 Å². The van der Waals surface area contributed by atoms with Crippen LogP contribution in [0.3, 0.4) is 0 Å². The predicted molar refractivity (Wildman–Crippen MR) is 51.5 cm³/mol. The van der Waals surface area contributed by atoms with E-state index in [0.717, 1.165) is 6.26 Å². The summed E-state index contributed by atoms with van der Waals surface area (Å²) in [6.07, 6.45) is 1.10. The van der Waals surface area contributed by atoms with Gasteiger partial charge in [0.25, 0.3) is 0 Å². The third-order valence-corrected chi connectivity index (χ3v) is 1.99. The molecule has 0 aliphatic rings. The molecule has 4 nitrogen and oxygen atoms in total. The van der Waals surface area contributed by atoms with Crippen LogP contribution in [0.2, 0.25) is 0 Å². The Kier molecular flexibility index (Phi) is 2.77. The van der Waals surface area contributed by atoms with Crippen LogP contribution in [0.25, 0.3) is 0 Å². The van der Waals surface area contributed by atoms with Gasteiger partial charge in [-0.15, -0.1) is 0 Å². The van der Waals surface area contributed by atoms with Crippen molar-refractivity contribution in [2.45, 2.75) is 0 Å². The van der Waals surface area contributed by atoms with Gasteiger partial charge in [0.15, 0.2) is 0 Å². The normalized spacial score (nSPS) is 10.9. The van der Waals surface area contributed by atoms with Crippen LogP contribution in [-0.2, 0) is 10.0 Å². The second-order valence-electron chi connectivity index (χ2n) is 2.57. The number of nitrogens with one attached hydrogen (secondary N) is 1. The number of ether oxygens (including phenoxy) is 1. The zero-order chi connectivity index (χ0) is 9.90. The van der Waals surface area contributed by atoms with Crippen LogP contribution < -0.4 is 9.46 Å². The van der Waals surface area contributed by atoms with Gasteiger partial charge in [0.2, 0.25) is 10.0 Å². The maximum Gasteiger partial charge on any atom is 0.229 e. The van der Waals surface area contributed by atoms with E-state index in [-0.39, 0.29) is 0 Å². The molecule has 1 aromatic carbocycles. The monoisotopic (exact) mass is 201 g/mol. The van der Waals surface area contributed by atoms with Crippen LogP contribution in [0.15, 0.2) is 24.3 Å². The smallest absolute Gasteiger partial charge is 0.229 e. The van der Waals surface area contributed by atoms with E-state index in [1.54, 1.807) is 24.3 Å². The zero-order valence-electron chi connectivity index (χ0n) is 7.44. The van der Waals surface area contributed by atoms with Gasteiger partial charge in [0.05, 0.1) is 19.1 Å². The fourth-order valence-electron chi connectivity index (χ4n) is 0.929. The van der Waals surface area contributed by atoms with Gasteiger partial charge < -0.3 is 4.74 Å². The molecule has 1 rings (SSSR count). The number of hydrogen-bond acceptors (Lipinski definition) is 3. The first-order chi connectivity index (χ1) is 6.03. The van der Waals surface area contributed by atoms with Gasteiger partial charge in [0.1, 0.15) is 5.75 Å². The number of methoxy groups -OCH3 is 1. The van der Waals surface area contributed by atoms with E-state index in [1.165, 1.54) is 7.11 Å². The molecule has 0 bridgehead atoms. The van der Waals surface area contributed by atoms with Gasteiger partial charge >= 0.3 is 0 Å². The van der Waals surface area contributed by atoms with Crippen molar-refractivity contribution in [3.05, 3.63) is 24.3 Å². The number of para-hydroxylation sites is 2. The molecule has 0 amide bonds. The first kappa shape index (κ1) is 9.85. The summed E-state index contributed by atoms with van der Waals surface area (Å²) in [5.41, 5.74) is 0.451. The highest BCUT2D eigenvalue weighted by molar-refractivity contribution is 7.92. The lowest BCUT2D eigenvalue weighted by Crippen LogP contribution is -2.10. The van der Waals surface area contributed by atoms with Gasteiger partial charge in [0, 0.05) is 0 Å². The van der Waals surface area contributed by atoms with Crippen molar-refractivity contribution in [3.63, 3.8) is 0 Å². The molecular weight excluding hydrogens is 190 g/mol. The number of benzene rings is 1. The Labute approximate surface area is 77.6 Å². The second kappa shape index (κ2) is 3.66. The summed E-state index contributed by atoms with van der Waals surface area (Å²) in [6, 6.07) is 6.83. The Morgan fingerprint density at radius 2 is 1.92 bits per heavy atom. The van der Waals surface area contributed by atoms with Crippen molar-refractivity contribution < 1.29 is 13.2 Å². The lowest BCUT2D eigenvalue weighted by atomic mass is 10.3. The molecule has 0 aromatic heterocycles. The molecule has 0 unspecified atom stereocenters. The van der Waals surface area contributed by atoms with E-state index in [0.29, 0.717) is 11.4 Å². The lowest BCUT2D eigenvalue weighted by Gasteiger charge is -2.08. The van der Waals surface area contributed by atoms with Gasteiger partial charge in [-0.05, 0) is 12.1 Å². The molecule has 0 aliphatic heterocycles. The van der Waals surface area contributed by atoms with E-state index in [4.69, 9.17) is 4.74 Å². The van der Waals surface area contributed by atoms with Crippen molar-refractivity contribution in [3.8, 4) is 5.75 Å². The molecule has 0 radical (unpaired) electrons. The Morgan fingerprint density at radius 1 is 1.31 bits per heavy atom. The molecule has 0 saturated carbocycles. The number of hydrogen-bond donors (Lipinski definition) is 1. The number of rotatable bonds is 3. The third-order valence-electron chi connectivity index (χ3n) is 1.40. The molecule has 1 N–H and O–H groups in total. The summed E-state index contributed by atoms with van der Waals surface area (Å²) in [7, 11) is -1.75. The highest BCUT2D eigenvalue weighted by Crippen LogP contribution is 2.23. The van der Waals surface area contributed by atoms with Crippen molar-refractivity contribution >= 4 is 15.7 Å². The quantitative estimate of drug-likeness (QED) is 0.795. The fourth-order valence-corrected chi connectivity index (χ4v) is 1.50. The summed E-state index contributed by atoms with van der Waals surface area (Å²) >= 11 is 0. The summed E-state index contributed by atoms with van der Waals surface area (Å²) in [6.45, 7) is 0. The minimum Gasteiger partial charge on any atom is -0.495 e. The van der Waals surface area contributed by atoms with E-state index < -0.39 is 10.0 Å². The Morgan fingerprint density at radius 3 is 2.46 bits per heavy atom. The number of anilines is 1. The summed E-state index contributed by atoms with van der Waals surface area (Å²) < 4.78 is 29.1. The van der Waals surface area contributed by atoms with Crippen molar-refractivity contribution in [1.29, 1.82) is 0 Å². The molecule has 0 aliphatic carbocycles. The van der Waals surface area contributed by atoms with Crippen LogP contribution in [0.1, 0.15) is 0 Å². The van der Waals surface area contributed by atoms with Crippen LogP contribution >= 0.6 is 0 Å². The second-order valence-corrected chi connectivity index (χ2v) is 4.32. The third kappa shape index (κ3) is 2.95. The SMILES string of the molecule is COc1ccccc1NS(C)(=O)=O. The van der Waals surface area contributed by atoms with Gasteiger partial charge in [-0.2, -0.15) is 0 Å². The van der Waals surface area contributed by atoms with E-state index in [9.17, 15) is 8.42 Å². The molecule has 1 aromatic rings. The van der Waals surface area contributed by atoms with Crippen LogP contribution in [0.5, 0.6) is 5.75 Å². The topological polar surface area (TPSA) is 55.4 Å². The maximum atomic E-state index is 10.9. The van der Waals surface area contributed by atoms with Crippen molar-refractivity contribution in [2.24, 2.45) is 0 Å². The first-order valence-corrected chi connectivity index (χ1v) is 5.53. The average Bonchev–Trinajstić information content (AvgIpc) is 2.02. The Hall–Kier alpha value is -1.23. The maximum absolute atomic E-state index is 10.9. The molecule has 72 valence electrons. The van der Waals surface area contributed by atoms with E-state index in [1.807, 2.05) is 0 Å². The largest absolute Gasteiger partial charge is 0.495 e. The molecule has 0 saturated heterocycles. The van der Waals surface area contributed by atoms with Crippen molar-refractivity contribution in [2.75, 3.05) is 18.1 Å². The molecule has 13 heavy (non-hydrogen) atoms. The van der Waals surface area contributed by atoms with Crippen molar-refractivity contribution in [1.82, 2.24) is 0 Å². The van der Waals surface area contributed by atoms with Gasteiger partial charge in [-0.3, -0.25) is 4.72 Å². The van der Waals surface area contributed by atoms with Gasteiger partial charge in [-0.1, -0.05) is 12.1 Å². The van der Waals surface area contributed by atoms with Crippen LogP contribution in [-0.4, -0.2) is 21.8 Å². The Bertz CT molecular complexity index is 386. The summed E-state index contributed by atoms with van der Waals surface area (Å²) in [5.74, 6) is 0.507.